The van der Waals surface area contributed by atoms with Crippen molar-refractivity contribution in [2.45, 2.75) is 29.7 Å². The first-order valence-corrected chi connectivity index (χ1v) is 9.58. The number of nitrogens with zero attached hydrogens (tertiary/aromatic N) is 4. The maximum atomic E-state index is 12.6. The van der Waals surface area contributed by atoms with Crippen molar-refractivity contribution >= 4 is 34.7 Å². The molecule has 154 valence electrons. The molecule has 0 fully saturated rings. The molecule has 1 amide bonds. The number of nitro benzene ring substituents is 1. The van der Waals surface area contributed by atoms with Gasteiger partial charge in [0.15, 0.2) is 0 Å². The molecule has 0 saturated heterocycles. The molecule has 0 aliphatic heterocycles. The second-order valence-corrected chi connectivity index (χ2v) is 7.64. The highest BCUT2D eigenvalue weighted by atomic mass is 32.2. The highest BCUT2D eigenvalue weighted by Gasteiger charge is 2.20. The molecule has 2 aromatic carbocycles. The van der Waals surface area contributed by atoms with Crippen LogP contribution in [0.4, 0.5) is 17.1 Å². The van der Waals surface area contributed by atoms with Crippen LogP contribution in [0.3, 0.4) is 0 Å². The number of nitrogens with one attached hydrogen (secondary N) is 1. The summed E-state index contributed by atoms with van der Waals surface area (Å²) in [6.07, 6.45) is 2.20. The highest BCUT2D eigenvalue weighted by Crippen LogP contribution is 2.33. The molecule has 1 unspecified atom stereocenters. The number of aryl methyl sites for hydroxylation is 1. The lowest BCUT2D eigenvalue weighted by molar-refractivity contribution is -0.385. The fourth-order valence-electron chi connectivity index (χ4n) is 2.56. The van der Waals surface area contributed by atoms with Crippen molar-refractivity contribution in [1.82, 2.24) is 9.78 Å². The number of amides is 1. The van der Waals surface area contributed by atoms with Gasteiger partial charge in [0.2, 0.25) is 5.91 Å². The molecule has 1 heterocycles. The van der Waals surface area contributed by atoms with Crippen LogP contribution in [-0.4, -0.2) is 25.5 Å². The van der Waals surface area contributed by atoms with E-state index in [1.165, 1.54) is 30.8 Å². The van der Waals surface area contributed by atoms with E-state index in [-0.39, 0.29) is 17.1 Å². The molecule has 0 spiro atoms. The van der Waals surface area contributed by atoms with Gasteiger partial charge in [0.05, 0.1) is 9.85 Å². The van der Waals surface area contributed by atoms with Crippen LogP contribution in [0.1, 0.15) is 18.5 Å². The Morgan fingerprint density at radius 2 is 1.73 bits per heavy atom. The third-order valence-corrected chi connectivity index (χ3v) is 5.18. The van der Waals surface area contributed by atoms with Gasteiger partial charge in [-0.05, 0) is 32.0 Å². The summed E-state index contributed by atoms with van der Waals surface area (Å²) in [6.45, 7) is 3.48. The van der Waals surface area contributed by atoms with Crippen LogP contribution < -0.4 is 5.32 Å². The first-order chi connectivity index (χ1) is 14.2. The lowest BCUT2D eigenvalue weighted by atomic mass is 10.2. The molecule has 0 aliphatic carbocycles. The van der Waals surface area contributed by atoms with Crippen molar-refractivity contribution in [3.8, 4) is 0 Å². The van der Waals surface area contributed by atoms with Crippen molar-refractivity contribution < 1.29 is 14.6 Å². The third-order valence-electron chi connectivity index (χ3n) is 4.20. The molecule has 0 aliphatic rings. The summed E-state index contributed by atoms with van der Waals surface area (Å²) in [5, 5.41) is 28.6. The predicted octanol–water partition coefficient (Wildman–Crippen LogP) is 4.36. The van der Waals surface area contributed by atoms with Gasteiger partial charge in [0, 0.05) is 27.6 Å². The molecular weight excluding hydrogens is 410 g/mol. The average Bonchev–Trinajstić information content (AvgIpc) is 3.19. The highest BCUT2D eigenvalue weighted by molar-refractivity contribution is 7.99. The van der Waals surface area contributed by atoms with Crippen molar-refractivity contribution in [3.05, 3.63) is 80.7 Å². The first kappa shape index (κ1) is 21.0. The monoisotopic (exact) mass is 427 g/mol. The third kappa shape index (κ3) is 5.00. The quantitative estimate of drug-likeness (QED) is 0.437. The molecule has 1 aromatic heterocycles. The minimum atomic E-state index is -0.855. The van der Waals surface area contributed by atoms with Gasteiger partial charge < -0.3 is 5.32 Å². The molecule has 0 saturated carbocycles. The molecule has 11 heteroatoms. The number of non-ortho nitro benzene ring substituents is 1. The van der Waals surface area contributed by atoms with Crippen molar-refractivity contribution in [2.24, 2.45) is 0 Å². The zero-order valence-electron chi connectivity index (χ0n) is 16.0. The Morgan fingerprint density at radius 1 is 1.07 bits per heavy atom. The zero-order valence-corrected chi connectivity index (χ0v) is 16.8. The number of aromatic nitrogens is 2. The average molecular weight is 427 g/mol. The Morgan fingerprint density at radius 3 is 2.33 bits per heavy atom. The Kier molecular flexibility index (Phi) is 6.11. The van der Waals surface area contributed by atoms with E-state index in [0.29, 0.717) is 4.90 Å². The molecule has 30 heavy (non-hydrogen) atoms. The molecular formula is C19H17N5O5S. The number of carbonyl (C=O) groups excluding carboxylic acids is 1. The number of carbonyl (C=O) groups is 1. The van der Waals surface area contributed by atoms with Crippen LogP contribution in [-0.2, 0) is 4.79 Å². The Balaban J connectivity index is 1.82. The van der Waals surface area contributed by atoms with Gasteiger partial charge in [0.25, 0.3) is 5.69 Å². The minimum absolute atomic E-state index is 0.162. The summed E-state index contributed by atoms with van der Waals surface area (Å²) in [4.78, 5) is 35.0. The van der Waals surface area contributed by atoms with Crippen molar-refractivity contribution in [3.63, 3.8) is 0 Å². The van der Waals surface area contributed by atoms with Gasteiger partial charge in [-0.3, -0.25) is 29.7 Å². The number of anilines is 1. The fourth-order valence-corrected chi connectivity index (χ4v) is 3.47. The standard InChI is InChI=1S/C19H17N5O5S/c1-12-3-5-17(6-4-12)30-18-8-14(7-15(9-18)23(26)27)21-19(25)13(2)22-11-16(10-20-22)24(28)29/h3-11,13H,1-2H3,(H,21,25). The van der Waals surface area contributed by atoms with Crippen LogP contribution in [0.5, 0.6) is 0 Å². The van der Waals surface area contributed by atoms with Crippen LogP contribution in [0.2, 0.25) is 0 Å². The topological polar surface area (TPSA) is 133 Å². The van der Waals surface area contributed by atoms with E-state index < -0.39 is 21.8 Å². The van der Waals surface area contributed by atoms with Gasteiger partial charge in [-0.2, -0.15) is 5.10 Å². The van der Waals surface area contributed by atoms with E-state index in [1.54, 1.807) is 6.07 Å². The SMILES string of the molecule is Cc1ccc(Sc2cc(NC(=O)C(C)n3cc([N+](=O)[O-])cn3)cc([N+](=O)[O-])c2)cc1. The fraction of sp³-hybridized carbons (Fsp3) is 0.158. The molecule has 1 atom stereocenters. The Labute approximate surface area is 175 Å². The lowest BCUT2D eigenvalue weighted by Crippen LogP contribution is -2.24. The van der Waals surface area contributed by atoms with Crippen LogP contribution >= 0.6 is 11.8 Å². The number of rotatable bonds is 7. The second kappa shape index (κ2) is 8.74. The minimum Gasteiger partial charge on any atom is -0.324 e. The normalized spacial score (nSPS) is 11.7. The van der Waals surface area contributed by atoms with Gasteiger partial charge in [-0.1, -0.05) is 29.5 Å². The first-order valence-electron chi connectivity index (χ1n) is 8.76. The van der Waals surface area contributed by atoms with Crippen LogP contribution in [0.15, 0.2) is 64.6 Å². The smallest absolute Gasteiger partial charge is 0.307 e. The summed E-state index contributed by atoms with van der Waals surface area (Å²) in [7, 11) is 0. The molecule has 0 bridgehead atoms. The summed E-state index contributed by atoms with van der Waals surface area (Å²) in [6, 6.07) is 11.2. The largest absolute Gasteiger partial charge is 0.324 e. The lowest BCUT2D eigenvalue weighted by Gasteiger charge is -2.13. The van der Waals surface area contributed by atoms with E-state index in [2.05, 4.69) is 10.4 Å². The van der Waals surface area contributed by atoms with E-state index in [0.717, 1.165) is 27.5 Å². The zero-order chi connectivity index (χ0) is 21.8. The molecule has 3 aromatic rings. The van der Waals surface area contributed by atoms with Gasteiger partial charge in [-0.15, -0.1) is 0 Å². The maximum absolute atomic E-state index is 12.6. The van der Waals surface area contributed by atoms with E-state index >= 15 is 0 Å². The number of nitro groups is 2. The van der Waals surface area contributed by atoms with E-state index in [4.69, 9.17) is 0 Å². The molecule has 0 radical (unpaired) electrons. The van der Waals surface area contributed by atoms with E-state index in [1.807, 2.05) is 31.2 Å². The second-order valence-electron chi connectivity index (χ2n) is 6.49. The van der Waals surface area contributed by atoms with E-state index in [9.17, 15) is 25.0 Å². The van der Waals surface area contributed by atoms with Crippen molar-refractivity contribution in [1.29, 1.82) is 0 Å². The van der Waals surface area contributed by atoms with Crippen LogP contribution in [0, 0.1) is 27.2 Å². The maximum Gasteiger partial charge on any atom is 0.307 e. The molecule has 1 N–H and O–H groups in total. The number of hydrogen-bond donors (Lipinski definition) is 1. The number of hydrogen-bond acceptors (Lipinski definition) is 7. The van der Waals surface area contributed by atoms with Gasteiger partial charge in [-0.25, -0.2) is 0 Å². The summed E-state index contributed by atoms with van der Waals surface area (Å²) in [5.41, 5.74) is 0.947. The Hall–Kier alpha value is -3.73. The summed E-state index contributed by atoms with van der Waals surface area (Å²) >= 11 is 1.33. The summed E-state index contributed by atoms with van der Waals surface area (Å²) < 4.78 is 1.16. The van der Waals surface area contributed by atoms with Crippen molar-refractivity contribution in [2.75, 3.05) is 5.32 Å². The number of benzene rings is 2. The molecule has 10 nitrogen and oxygen atoms in total. The summed E-state index contributed by atoms with van der Waals surface area (Å²) in [5.74, 6) is -0.514. The predicted molar refractivity (Wildman–Crippen MR) is 111 cm³/mol. The van der Waals surface area contributed by atoms with Crippen LogP contribution in [0.25, 0.3) is 0 Å². The van der Waals surface area contributed by atoms with Gasteiger partial charge in [0.1, 0.15) is 18.4 Å². The molecule has 3 rings (SSSR count). The van der Waals surface area contributed by atoms with Gasteiger partial charge >= 0.3 is 5.69 Å². The Bertz CT molecular complexity index is 1110.